The molecule has 0 aliphatic carbocycles. The van der Waals surface area contributed by atoms with E-state index in [0.717, 1.165) is 5.82 Å². The van der Waals surface area contributed by atoms with Crippen molar-refractivity contribution in [2.45, 2.75) is 37.7 Å². The minimum absolute atomic E-state index is 0.0175. The Hall–Kier alpha value is -4.12. The van der Waals surface area contributed by atoms with Gasteiger partial charge in [0.2, 0.25) is 0 Å². The molecule has 1 aliphatic rings. The van der Waals surface area contributed by atoms with Crippen molar-refractivity contribution in [1.29, 1.82) is 0 Å². The highest BCUT2D eigenvalue weighted by Crippen LogP contribution is 2.36. The van der Waals surface area contributed by atoms with Gasteiger partial charge in [-0.25, -0.2) is 27.7 Å². The number of nitrogens with zero attached hydrogens (tertiary/aromatic N) is 6. The molecule has 5 rings (SSSR count). The fourth-order valence-electron chi connectivity index (χ4n) is 4.50. The molecule has 226 valence electrons. The van der Waals surface area contributed by atoms with Crippen LogP contribution < -0.4 is 16.0 Å². The van der Waals surface area contributed by atoms with Crippen LogP contribution in [0, 0.1) is 0 Å². The Morgan fingerprint density at radius 3 is 2.57 bits per heavy atom. The number of imidazole rings is 1. The molecule has 4 aromatic heterocycles. The lowest BCUT2D eigenvalue weighted by Crippen LogP contribution is -2.53. The quantitative estimate of drug-likeness (QED) is 0.304. The normalized spacial score (nSPS) is 17.0. The number of hydrogen-bond donors (Lipinski definition) is 3. The van der Waals surface area contributed by atoms with Crippen LogP contribution in [0.1, 0.15) is 42.7 Å². The van der Waals surface area contributed by atoms with Gasteiger partial charge < -0.3 is 21.1 Å². The summed E-state index contributed by atoms with van der Waals surface area (Å²) in [6.07, 6.45) is 1.43. The number of halogens is 4. The zero-order valence-corrected chi connectivity index (χ0v) is 24.0. The Bertz CT molecular complexity index is 1790. The van der Waals surface area contributed by atoms with Gasteiger partial charge in [0.15, 0.2) is 21.3 Å². The van der Waals surface area contributed by atoms with E-state index in [2.05, 4.69) is 20.4 Å². The number of nitrogens with one attached hydrogen (secondary N) is 1. The first-order chi connectivity index (χ1) is 19.4. The van der Waals surface area contributed by atoms with E-state index in [0.29, 0.717) is 28.3 Å². The van der Waals surface area contributed by atoms with Gasteiger partial charge in [0, 0.05) is 31.0 Å². The standard InChI is InChI=1S/C22H25ClN8O3S.C2HF3O2/c1-13(27-20(32)17-18(24)28-31-6-4-5-26-19(17)31)14-9-15(23)16-10-25-12-30(16)21(14)29-7-8-35(33,34)22(2,3)11-29;3-2(4,5)1(6)7/h4-6,9-10,12-13H,7-8,11H2,1-3H3,(H2,24,28)(H,27,32);(H,6,7). The van der Waals surface area contributed by atoms with Gasteiger partial charge in [-0.2, -0.15) is 13.2 Å². The maximum atomic E-state index is 13.3. The van der Waals surface area contributed by atoms with Crippen LogP contribution in [-0.4, -0.2) is 79.1 Å². The van der Waals surface area contributed by atoms with Crippen molar-refractivity contribution in [3.05, 3.63) is 53.2 Å². The van der Waals surface area contributed by atoms with Gasteiger partial charge in [-0.15, -0.1) is 5.10 Å². The summed E-state index contributed by atoms with van der Waals surface area (Å²) >= 11 is 6.57. The second kappa shape index (κ2) is 10.9. The number of carbonyl (C=O) groups is 2. The van der Waals surface area contributed by atoms with Crippen molar-refractivity contribution in [3.8, 4) is 0 Å². The first-order valence-electron chi connectivity index (χ1n) is 12.3. The molecule has 5 heterocycles. The average Bonchev–Trinajstić information content (AvgIpc) is 3.50. The van der Waals surface area contributed by atoms with Crippen LogP contribution in [0.5, 0.6) is 0 Å². The van der Waals surface area contributed by atoms with E-state index >= 15 is 0 Å². The number of pyridine rings is 1. The fourth-order valence-corrected chi connectivity index (χ4v) is 6.12. The van der Waals surface area contributed by atoms with Crippen LogP contribution in [0.3, 0.4) is 0 Å². The summed E-state index contributed by atoms with van der Waals surface area (Å²) in [5.74, 6) is -2.38. The Morgan fingerprint density at radius 1 is 1.29 bits per heavy atom. The molecule has 1 fully saturated rings. The number of nitrogen functional groups attached to an aromatic ring is 1. The highest BCUT2D eigenvalue weighted by atomic mass is 35.5. The van der Waals surface area contributed by atoms with Crippen molar-refractivity contribution < 1.29 is 36.3 Å². The first kappa shape index (κ1) is 30.8. The predicted octanol–water partition coefficient (Wildman–Crippen LogP) is 2.75. The van der Waals surface area contributed by atoms with E-state index in [4.69, 9.17) is 27.2 Å². The Labute approximate surface area is 242 Å². The molecule has 0 spiro atoms. The number of carboxylic acid groups (broad SMARTS) is 1. The summed E-state index contributed by atoms with van der Waals surface area (Å²) < 4.78 is 59.3. The minimum Gasteiger partial charge on any atom is -0.475 e. The molecule has 4 aromatic rings. The molecule has 0 radical (unpaired) electrons. The summed E-state index contributed by atoms with van der Waals surface area (Å²) in [5.41, 5.74) is 7.95. The number of aliphatic carboxylic acids is 1. The third kappa shape index (κ3) is 5.78. The van der Waals surface area contributed by atoms with Crippen LogP contribution in [0.4, 0.5) is 24.8 Å². The molecule has 1 saturated heterocycles. The number of aromatic nitrogens is 5. The van der Waals surface area contributed by atoms with Gasteiger partial charge in [0.05, 0.1) is 33.3 Å². The smallest absolute Gasteiger partial charge is 0.475 e. The Balaban J connectivity index is 0.000000517. The Morgan fingerprint density at radius 2 is 1.95 bits per heavy atom. The topological polar surface area (TPSA) is 177 Å². The van der Waals surface area contributed by atoms with Crippen LogP contribution in [-0.2, 0) is 14.6 Å². The zero-order valence-electron chi connectivity index (χ0n) is 22.4. The van der Waals surface area contributed by atoms with Crippen LogP contribution in [0.15, 0.2) is 37.1 Å². The third-order valence-electron chi connectivity index (χ3n) is 6.70. The lowest BCUT2D eigenvalue weighted by molar-refractivity contribution is -0.192. The second-order valence-corrected chi connectivity index (χ2v) is 13.2. The van der Waals surface area contributed by atoms with Crippen LogP contribution >= 0.6 is 11.6 Å². The Kier molecular flexibility index (Phi) is 8.03. The van der Waals surface area contributed by atoms with Gasteiger partial charge in [0.1, 0.15) is 17.7 Å². The number of hydrogen-bond acceptors (Lipinski definition) is 9. The van der Waals surface area contributed by atoms with E-state index in [1.54, 1.807) is 50.9 Å². The molecular weight excluding hydrogens is 605 g/mol. The summed E-state index contributed by atoms with van der Waals surface area (Å²) in [6, 6.07) is 2.97. The molecule has 1 aliphatic heterocycles. The van der Waals surface area contributed by atoms with E-state index in [9.17, 15) is 26.4 Å². The van der Waals surface area contributed by atoms with Gasteiger partial charge in [0.25, 0.3) is 5.91 Å². The molecule has 4 N–H and O–H groups in total. The number of fused-ring (bicyclic) bond motifs is 2. The number of rotatable bonds is 4. The van der Waals surface area contributed by atoms with E-state index in [-0.39, 0.29) is 23.7 Å². The zero-order chi connectivity index (χ0) is 31.2. The van der Waals surface area contributed by atoms with Gasteiger partial charge >= 0.3 is 12.1 Å². The molecule has 18 heteroatoms. The summed E-state index contributed by atoms with van der Waals surface area (Å²) in [6.45, 7) is 5.86. The van der Waals surface area contributed by atoms with Crippen molar-refractivity contribution in [1.82, 2.24) is 29.3 Å². The van der Waals surface area contributed by atoms with Crippen LogP contribution in [0.2, 0.25) is 5.02 Å². The minimum atomic E-state index is -5.08. The SMILES string of the molecule is CC(NC(=O)c1c(N)nn2cccnc12)c1cc(Cl)c2cncn2c1N1CCS(=O)(=O)C(C)(C)C1.O=C(O)C(F)(F)F. The van der Waals surface area contributed by atoms with Crippen molar-refractivity contribution >= 4 is 56.1 Å². The fraction of sp³-hybridized carbons (Fsp3) is 0.375. The molecule has 42 heavy (non-hydrogen) atoms. The summed E-state index contributed by atoms with van der Waals surface area (Å²) in [4.78, 5) is 32.6. The molecule has 13 nitrogen and oxygen atoms in total. The second-order valence-electron chi connectivity index (χ2n) is 10.1. The van der Waals surface area contributed by atoms with Crippen LogP contribution in [0.25, 0.3) is 11.2 Å². The number of nitrogens with two attached hydrogens (primary N) is 1. The lowest BCUT2D eigenvalue weighted by atomic mass is 10.1. The molecule has 0 saturated carbocycles. The lowest BCUT2D eigenvalue weighted by Gasteiger charge is -2.40. The number of alkyl halides is 3. The monoisotopic (exact) mass is 630 g/mol. The molecule has 1 atom stereocenters. The average molecular weight is 631 g/mol. The van der Waals surface area contributed by atoms with E-state index in [1.807, 2.05) is 16.2 Å². The van der Waals surface area contributed by atoms with Gasteiger partial charge in [-0.1, -0.05) is 11.6 Å². The van der Waals surface area contributed by atoms with Gasteiger partial charge in [-0.3, -0.25) is 9.20 Å². The van der Waals surface area contributed by atoms with E-state index < -0.39 is 38.7 Å². The van der Waals surface area contributed by atoms with Crippen molar-refractivity contribution in [2.24, 2.45) is 0 Å². The molecule has 1 amide bonds. The molecule has 0 aromatic carbocycles. The number of sulfone groups is 1. The number of anilines is 2. The number of carbonyl (C=O) groups excluding carboxylic acids is 1. The molecule has 1 unspecified atom stereocenters. The third-order valence-corrected chi connectivity index (χ3v) is 9.54. The molecule has 0 bridgehead atoms. The highest BCUT2D eigenvalue weighted by molar-refractivity contribution is 7.92. The van der Waals surface area contributed by atoms with Crippen molar-refractivity contribution in [3.63, 3.8) is 0 Å². The predicted molar refractivity (Wildman–Crippen MR) is 147 cm³/mol. The maximum Gasteiger partial charge on any atom is 0.490 e. The maximum absolute atomic E-state index is 13.3. The first-order valence-corrected chi connectivity index (χ1v) is 14.3. The van der Waals surface area contributed by atoms with E-state index in [1.165, 1.54) is 4.52 Å². The van der Waals surface area contributed by atoms with Crippen molar-refractivity contribution in [2.75, 3.05) is 29.5 Å². The number of amides is 1. The molecular formula is C24H26ClF3N8O5S. The highest BCUT2D eigenvalue weighted by Gasteiger charge is 2.41. The summed E-state index contributed by atoms with van der Waals surface area (Å²) in [5, 5.41) is 14.7. The van der Waals surface area contributed by atoms with Gasteiger partial charge in [-0.05, 0) is 32.9 Å². The number of carboxylic acids is 1. The summed E-state index contributed by atoms with van der Waals surface area (Å²) in [7, 11) is -3.25. The largest absolute Gasteiger partial charge is 0.490 e.